The van der Waals surface area contributed by atoms with Crippen LogP contribution < -0.4 is 5.32 Å². The standard InChI is InChI=1S/C13H15Cl2N3/c1-16-12(13-5-6-17-18(13)2)8-9-3-4-10(14)11(15)7-9/h3-7,12,16H,8H2,1-2H3. The van der Waals surface area contributed by atoms with Gasteiger partial charge in [0.25, 0.3) is 0 Å². The molecule has 1 atom stereocenters. The molecular weight excluding hydrogens is 269 g/mol. The monoisotopic (exact) mass is 283 g/mol. The van der Waals surface area contributed by atoms with E-state index in [4.69, 9.17) is 23.2 Å². The van der Waals surface area contributed by atoms with Gasteiger partial charge in [-0.25, -0.2) is 0 Å². The zero-order valence-corrected chi connectivity index (χ0v) is 11.8. The molecule has 0 radical (unpaired) electrons. The van der Waals surface area contributed by atoms with Gasteiger partial charge in [-0.1, -0.05) is 29.3 Å². The Morgan fingerprint density at radius 1 is 1.28 bits per heavy atom. The van der Waals surface area contributed by atoms with Gasteiger partial charge in [-0.2, -0.15) is 5.10 Å². The number of likely N-dealkylation sites (N-methyl/N-ethyl adjacent to an activating group) is 1. The summed E-state index contributed by atoms with van der Waals surface area (Å²) >= 11 is 11.9. The molecule has 0 saturated carbocycles. The molecule has 1 N–H and O–H groups in total. The van der Waals surface area contributed by atoms with Gasteiger partial charge in [-0.15, -0.1) is 0 Å². The summed E-state index contributed by atoms with van der Waals surface area (Å²) in [6, 6.07) is 7.95. The predicted molar refractivity (Wildman–Crippen MR) is 75.2 cm³/mol. The number of rotatable bonds is 4. The predicted octanol–water partition coefficient (Wildman–Crippen LogP) is 3.23. The average Bonchev–Trinajstić information content (AvgIpc) is 2.77. The number of nitrogens with one attached hydrogen (secondary N) is 1. The normalized spacial score (nSPS) is 12.7. The minimum atomic E-state index is 0.203. The topological polar surface area (TPSA) is 29.9 Å². The fourth-order valence-corrected chi connectivity index (χ4v) is 2.30. The van der Waals surface area contributed by atoms with Gasteiger partial charge in [0.15, 0.2) is 0 Å². The van der Waals surface area contributed by atoms with Gasteiger partial charge in [0.05, 0.1) is 21.8 Å². The number of aryl methyl sites for hydroxylation is 1. The first-order chi connectivity index (χ1) is 8.61. The quantitative estimate of drug-likeness (QED) is 0.934. The molecule has 2 rings (SSSR count). The molecule has 0 aliphatic carbocycles. The van der Waals surface area contributed by atoms with E-state index in [1.165, 1.54) is 0 Å². The van der Waals surface area contributed by atoms with E-state index < -0.39 is 0 Å². The van der Waals surface area contributed by atoms with Crippen molar-refractivity contribution in [3.05, 3.63) is 51.8 Å². The van der Waals surface area contributed by atoms with Gasteiger partial charge in [0, 0.05) is 13.2 Å². The molecule has 18 heavy (non-hydrogen) atoms. The van der Waals surface area contributed by atoms with Crippen LogP contribution in [0, 0.1) is 0 Å². The van der Waals surface area contributed by atoms with Gasteiger partial charge < -0.3 is 5.32 Å². The third kappa shape index (κ3) is 2.86. The van der Waals surface area contributed by atoms with E-state index in [-0.39, 0.29) is 6.04 Å². The second-order valence-corrected chi connectivity index (χ2v) is 4.99. The third-order valence-electron chi connectivity index (χ3n) is 2.99. The summed E-state index contributed by atoms with van der Waals surface area (Å²) in [4.78, 5) is 0. The summed E-state index contributed by atoms with van der Waals surface area (Å²) < 4.78 is 1.87. The van der Waals surface area contributed by atoms with Crippen LogP contribution in [0.4, 0.5) is 0 Å². The molecule has 2 aromatic rings. The molecule has 0 bridgehead atoms. The van der Waals surface area contributed by atoms with Crippen LogP contribution >= 0.6 is 23.2 Å². The van der Waals surface area contributed by atoms with Crippen LogP contribution in [0.3, 0.4) is 0 Å². The van der Waals surface area contributed by atoms with Crippen molar-refractivity contribution < 1.29 is 0 Å². The van der Waals surface area contributed by atoms with Crippen LogP contribution in [-0.2, 0) is 13.5 Å². The fraction of sp³-hybridized carbons (Fsp3) is 0.308. The van der Waals surface area contributed by atoms with Crippen molar-refractivity contribution in [1.82, 2.24) is 15.1 Å². The van der Waals surface area contributed by atoms with Crippen molar-refractivity contribution in [2.24, 2.45) is 7.05 Å². The highest BCUT2D eigenvalue weighted by Gasteiger charge is 2.14. The SMILES string of the molecule is CNC(Cc1ccc(Cl)c(Cl)c1)c1ccnn1C. The minimum absolute atomic E-state index is 0.203. The van der Waals surface area contributed by atoms with Gasteiger partial charge in [-0.05, 0) is 37.2 Å². The second-order valence-electron chi connectivity index (χ2n) is 4.17. The first-order valence-electron chi connectivity index (χ1n) is 5.71. The van der Waals surface area contributed by atoms with Crippen LogP contribution in [-0.4, -0.2) is 16.8 Å². The summed E-state index contributed by atoms with van der Waals surface area (Å²) in [5.74, 6) is 0. The Labute approximate surface area is 117 Å². The molecule has 0 aliphatic heterocycles. The summed E-state index contributed by atoms with van der Waals surface area (Å²) in [5.41, 5.74) is 2.29. The molecule has 0 aliphatic rings. The summed E-state index contributed by atoms with van der Waals surface area (Å²) in [7, 11) is 3.88. The summed E-state index contributed by atoms with van der Waals surface area (Å²) in [5, 5.41) is 8.66. The highest BCUT2D eigenvalue weighted by Crippen LogP contribution is 2.25. The molecule has 96 valence electrons. The number of nitrogens with zero attached hydrogens (tertiary/aromatic N) is 2. The van der Waals surface area contributed by atoms with Crippen LogP contribution in [0.1, 0.15) is 17.3 Å². The average molecular weight is 284 g/mol. The Morgan fingerprint density at radius 3 is 2.61 bits per heavy atom. The lowest BCUT2D eigenvalue weighted by molar-refractivity contribution is 0.537. The molecule has 1 aromatic heterocycles. The Hall–Kier alpha value is -1.03. The Bertz CT molecular complexity index is 537. The van der Waals surface area contributed by atoms with Crippen LogP contribution in [0.15, 0.2) is 30.5 Å². The van der Waals surface area contributed by atoms with Crippen LogP contribution in [0.5, 0.6) is 0 Å². The fourth-order valence-electron chi connectivity index (χ4n) is 1.98. The third-order valence-corrected chi connectivity index (χ3v) is 3.73. The molecule has 3 nitrogen and oxygen atoms in total. The lowest BCUT2D eigenvalue weighted by Crippen LogP contribution is -2.21. The zero-order valence-electron chi connectivity index (χ0n) is 10.3. The van der Waals surface area contributed by atoms with E-state index in [1.807, 2.05) is 43.0 Å². The summed E-state index contributed by atoms with van der Waals surface area (Å²) in [6.45, 7) is 0. The van der Waals surface area contributed by atoms with Crippen molar-refractivity contribution in [3.8, 4) is 0 Å². The lowest BCUT2D eigenvalue weighted by Gasteiger charge is -2.17. The number of hydrogen-bond donors (Lipinski definition) is 1. The maximum Gasteiger partial charge on any atom is 0.0595 e. The lowest BCUT2D eigenvalue weighted by atomic mass is 10.0. The van der Waals surface area contributed by atoms with E-state index >= 15 is 0 Å². The zero-order chi connectivity index (χ0) is 13.1. The first kappa shape index (κ1) is 13.4. The number of aromatic nitrogens is 2. The van der Waals surface area contributed by atoms with Gasteiger partial charge in [-0.3, -0.25) is 4.68 Å². The molecular formula is C13H15Cl2N3. The van der Waals surface area contributed by atoms with E-state index in [9.17, 15) is 0 Å². The van der Waals surface area contributed by atoms with Crippen molar-refractivity contribution in [2.45, 2.75) is 12.5 Å². The largest absolute Gasteiger partial charge is 0.311 e. The minimum Gasteiger partial charge on any atom is -0.311 e. The van der Waals surface area contributed by atoms with Crippen molar-refractivity contribution in [2.75, 3.05) is 7.05 Å². The molecule has 1 heterocycles. The Morgan fingerprint density at radius 2 is 2.06 bits per heavy atom. The van der Waals surface area contributed by atoms with Crippen LogP contribution in [0.2, 0.25) is 10.0 Å². The maximum atomic E-state index is 6.03. The Balaban J connectivity index is 2.20. The van der Waals surface area contributed by atoms with Crippen LogP contribution in [0.25, 0.3) is 0 Å². The molecule has 0 fully saturated rings. The smallest absolute Gasteiger partial charge is 0.0595 e. The highest BCUT2D eigenvalue weighted by molar-refractivity contribution is 6.42. The molecule has 0 spiro atoms. The van der Waals surface area contributed by atoms with E-state index in [0.717, 1.165) is 17.7 Å². The van der Waals surface area contributed by atoms with Gasteiger partial charge >= 0.3 is 0 Å². The first-order valence-corrected chi connectivity index (χ1v) is 6.46. The number of hydrogen-bond acceptors (Lipinski definition) is 2. The van der Waals surface area contributed by atoms with E-state index in [0.29, 0.717) is 10.0 Å². The summed E-state index contributed by atoms with van der Waals surface area (Å²) in [6.07, 6.45) is 2.64. The Kier molecular flexibility index (Phi) is 4.27. The second kappa shape index (κ2) is 5.74. The molecule has 0 amide bonds. The van der Waals surface area contributed by atoms with E-state index in [2.05, 4.69) is 10.4 Å². The van der Waals surface area contributed by atoms with Gasteiger partial charge in [0.2, 0.25) is 0 Å². The van der Waals surface area contributed by atoms with Gasteiger partial charge in [0.1, 0.15) is 0 Å². The molecule has 1 unspecified atom stereocenters. The van der Waals surface area contributed by atoms with E-state index in [1.54, 1.807) is 6.20 Å². The maximum absolute atomic E-state index is 6.03. The van der Waals surface area contributed by atoms with Crippen molar-refractivity contribution >= 4 is 23.2 Å². The number of halogens is 2. The molecule has 0 saturated heterocycles. The van der Waals surface area contributed by atoms with Crippen molar-refractivity contribution in [3.63, 3.8) is 0 Å². The number of benzene rings is 1. The molecule has 1 aromatic carbocycles. The molecule has 5 heteroatoms. The van der Waals surface area contributed by atoms with Crippen molar-refractivity contribution in [1.29, 1.82) is 0 Å². The highest BCUT2D eigenvalue weighted by atomic mass is 35.5.